The lowest BCUT2D eigenvalue weighted by Crippen LogP contribution is -2.35. The number of carbonyl (C=O) groups is 2. The fourth-order valence-corrected chi connectivity index (χ4v) is 3.84. The Morgan fingerprint density at radius 3 is 2.64 bits per heavy atom. The maximum absolute atomic E-state index is 12.2. The summed E-state index contributed by atoms with van der Waals surface area (Å²) in [6.07, 6.45) is 0.817. The summed E-state index contributed by atoms with van der Waals surface area (Å²) in [7, 11) is 0. The first kappa shape index (κ1) is 18.9. The molecule has 1 aromatic heterocycles. The lowest BCUT2D eigenvalue weighted by Gasteiger charge is -2.30. The number of ether oxygens (including phenoxy) is 1. The highest BCUT2D eigenvalue weighted by Gasteiger charge is 2.29. The number of amides is 1. The molecule has 0 saturated heterocycles. The molecular formula is C15H23ClN2O3S. The molecule has 1 aliphatic rings. The molecule has 5 nitrogen and oxygen atoms in total. The Bertz CT molecular complexity index is 557. The standard InChI is InChI=1S/C15H22N2O3S.ClH/c1-5-20-15(19)13-11-6-7-17(9(2)3)8-12(11)21-14(13)16-10(4)18;/h9H,5-8H2,1-4H3,(H,16,18);1H. The molecule has 0 saturated carbocycles. The summed E-state index contributed by atoms with van der Waals surface area (Å²) in [5.41, 5.74) is 1.59. The van der Waals surface area contributed by atoms with Gasteiger partial charge in [0.2, 0.25) is 5.91 Å². The van der Waals surface area contributed by atoms with Gasteiger partial charge in [-0.25, -0.2) is 4.79 Å². The Labute approximate surface area is 141 Å². The molecule has 22 heavy (non-hydrogen) atoms. The molecule has 0 radical (unpaired) electrons. The number of rotatable bonds is 4. The first-order valence-electron chi connectivity index (χ1n) is 7.27. The van der Waals surface area contributed by atoms with E-state index in [0.29, 0.717) is 23.2 Å². The number of thiophene rings is 1. The normalized spacial score (nSPS) is 14.2. The molecule has 0 spiro atoms. The third-order valence-electron chi connectivity index (χ3n) is 3.59. The molecule has 0 bridgehead atoms. The summed E-state index contributed by atoms with van der Waals surface area (Å²) >= 11 is 1.49. The van der Waals surface area contributed by atoms with Crippen LogP contribution >= 0.6 is 23.7 Å². The Morgan fingerprint density at radius 2 is 2.09 bits per heavy atom. The highest BCUT2D eigenvalue weighted by Crippen LogP contribution is 2.38. The minimum Gasteiger partial charge on any atom is -0.462 e. The zero-order valence-electron chi connectivity index (χ0n) is 13.4. The van der Waals surface area contributed by atoms with E-state index in [0.717, 1.165) is 30.0 Å². The van der Waals surface area contributed by atoms with Crippen LogP contribution in [-0.2, 0) is 22.5 Å². The number of hydrogen-bond acceptors (Lipinski definition) is 5. The molecule has 0 fully saturated rings. The topological polar surface area (TPSA) is 58.6 Å². The smallest absolute Gasteiger partial charge is 0.341 e. The van der Waals surface area contributed by atoms with Gasteiger partial charge >= 0.3 is 5.97 Å². The zero-order chi connectivity index (χ0) is 15.6. The van der Waals surface area contributed by atoms with E-state index in [2.05, 4.69) is 24.1 Å². The van der Waals surface area contributed by atoms with Gasteiger partial charge in [0.1, 0.15) is 5.00 Å². The van der Waals surface area contributed by atoms with Crippen molar-refractivity contribution in [2.24, 2.45) is 0 Å². The highest BCUT2D eigenvalue weighted by molar-refractivity contribution is 7.17. The van der Waals surface area contributed by atoms with E-state index in [1.54, 1.807) is 6.92 Å². The quantitative estimate of drug-likeness (QED) is 0.851. The SMILES string of the molecule is CCOC(=O)c1c(NC(C)=O)sc2c1CCN(C(C)C)C2.Cl. The lowest BCUT2D eigenvalue weighted by molar-refractivity contribution is -0.114. The van der Waals surface area contributed by atoms with Crippen molar-refractivity contribution in [1.29, 1.82) is 0 Å². The molecule has 0 aromatic carbocycles. The molecule has 1 aliphatic heterocycles. The van der Waals surface area contributed by atoms with E-state index in [9.17, 15) is 9.59 Å². The Kier molecular flexibility index (Phi) is 6.84. The van der Waals surface area contributed by atoms with Crippen molar-refractivity contribution in [1.82, 2.24) is 4.90 Å². The van der Waals surface area contributed by atoms with Gasteiger partial charge in [0, 0.05) is 30.9 Å². The summed E-state index contributed by atoms with van der Waals surface area (Å²) in [6, 6.07) is 0.468. The van der Waals surface area contributed by atoms with Crippen molar-refractivity contribution in [3.63, 3.8) is 0 Å². The number of nitrogens with zero attached hydrogens (tertiary/aromatic N) is 1. The van der Waals surface area contributed by atoms with Crippen molar-refractivity contribution in [2.45, 2.75) is 46.7 Å². The summed E-state index contributed by atoms with van der Waals surface area (Å²) in [5.74, 6) is -0.503. The van der Waals surface area contributed by atoms with Crippen LogP contribution in [-0.4, -0.2) is 36.0 Å². The van der Waals surface area contributed by atoms with E-state index >= 15 is 0 Å². The summed E-state index contributed by atoms with van der Waals surface area (Å²) in [4.78, 5) is 27.1. The fourth-order valence-electron chi connectivity index (χ4n) is 2.53. The predicted octanol–water partition coefficient (Wildman–Crippen LogP) is 3.07. The molecule has 0 aliphatic carbocycles. The number of halogens is 1. The average Bonchev–Trinajstić information content (AvgIpc) is 2.74. The van der Waals surface area contributed by atoms with Crippen LogP contribution in [0.3, 0.4) is 0 Å². The van der Waals surface area contributed by atoms with Gasteiger partial charge in [-0.05, 0) is 32.8 Å². The van der Waals surface area contributed by atoms with Gasteiger partial charge in [0.25, 0.3) is 0 Å². The molecule has 1 amide bonds. The zero-order valence-corrected chi connectivity index (χ0v) is 15.0. The lowest BCUT2D eigenvalue weighted by atomic mass is 10.0. The Hall–Kier alpha value is -1.11. The minimum atomic E-state index is -0.336. The van der Waals surface area contributed by atoms with Crippen LogP contribution in [0.15, 0.2) is 0 Å². The molecule has 1 N–H and O–H groups in total. The van der Waals surface area contributed by atoms with Gasteiger partial charge in [0.05, 0.1) is 12.2 Å². The number of hydrogen-bond donors (Lipinski definition) is 1. The second-order valence-electron chi connectivity index (χ2n) is 5.42. The molecule has 124 valence electrons. The molecule has 2 heterocycles. The third-order valence-corrected chi connectivity index (χ3v) is 4.72. The van der Waals surface area contributed by atoms with Crippen LogP contribution in [0.1, 0.15) is 48.5 Å². The van der Waals surface area contributed by atoms with Gasteiger partial charge in [0.15, 0.2) is 0 Å². The minimum absolute atomic E-state index is 0. The second kappa shape index (κ2) is 7.94. The molecule has 0 unspecified atom stereocenters. The highest BCUT2D eigenvalue weighted by atomic mass is 35.5. The van der Waals surface area contributed by atoms with Gasteiger partial charge in [-0.15, -0.1) is 23.7 Å². The molecule has 7 heteroatoms. The number of carbonyl (C=O) groups excluding carboxylic acids is 2. The van der Waals surface area contributed by atoms with Crippen LogP contribution < -0.4 is 5.32 Å². The van der Waals surface area contributed by atoms with Crippen LogP contribution in [0.2, 0.25) is 0 Å². The number of fused-ring (bicyclic) bond motifs is 1. The predicted molar refractivity (Wildman–Crippen MR) is 91.1 cm³/mol. The van der Waals surface area contributed by atoms with Crippen LogP contribution in [0, 0.1) is 0 Å². The summed E-state index contributed by atoms with van der Waals surface area (Å²) in [6.45, 7) is 9.65. The van der Waals surface area contributed by atoms with Crippen molar-refractivity contribution in [3.8, 4) is 0 Å². The van der Waals surface area contributed by atoms with E-state index in [-0.39, 0.29) is 24.3 Å². The van der Waals surface area contributed by atoms with Gasteiger partial charge in [-0.3, -0.25) is 9.69 Å². The van der Waals surface area contributed by atoms with Gasteiger partial charge in [-0.1, -0.05) is 0 Å². The molecule has 0 atom stereocenters. The largest absolute Gasteiger partial charge is 0.462 e. The van der Waals surface area contributed by atoms with E-state index in [4.69, 9.17) is 4.74 Å². The number of esters is 1. The molecule has 2 rings (SSSR count). The van der Waals surface area contributed by atoms with Crippen molar-refractivity contribution in [3.05, 3.63) is 16.0 Å². The average molecular weight is 347 g/mol. The van der Waals surface area contributed by atoms with Crippen LogP contribution in [0.5, 0.6) is 0 Å². The maximum Gasteiger partial charge on any atom is 0.341 e. The van der Waals surface area contributed by atoms with Crippen LogP contribution in [0.25, 0.3) is 0 Å². The van der Waals surface area contributed by atoms with E-state index in [1.165, 1.54) is 18.3 Å². The first-order valence-corrected chi connectivity index (χ1v) is 8.09. The van der Waals surface area contributed by atoms with E-state index in [1.807, 2.05) is 0 Å². The number of anilines is 1. The molecular weight excluding hydrogens is 324 g/mol. The number of nitrogens with one attached hydrogen (secondary N) is 1. The first-order chi connectivity index (χ1) is 9.93. The van der Waals surface area contributed by atoms with Crippen molar-refractivity contribution >= 4 is 40.6 Å². The molecule has 1 aromatic rings. The van der Waals surface area contributed by atoms with Crippen molar-refractivity contribution in [2.75, 3.05) is 18.5 Å². The Morgan fingerprint density at radius 1 is 1.41 bits per heavy atom. The van der Waals surface area contributed by atoms with Gasteiger partial charge < -0.3 is 10.1 Å². The van der Waals surface area contributed by atoms with Gasteiger partial charge in [-0.2, -0.15) is 0 Å². The third kappa shape index (κ3) is 4.00. The fraction of sp³-hybridized carbons (Fsp3) is 0.600. The van der Waals surface area contributed by atoms with E-state index < -0.39 is 0 Å². The Balaban J connectivity index is 0.00000242. The van der Waals surface area contributed by atoms with Crippen LogP contribution in [0.4, 0.5) is 5.00 Å². The second-order valence-corrected chi connectivity index (χ2v) is 6.53. The maximum atomic E-state index is 12.2. The summed E-state index contributed by atoms with van der Waals surface area (Å²) < 4.78 is 5.15. The monoisotopic (exact) mass is 346 g/mol. The summed E-state index contributed by atoms with van der Waals surface area (Å²) in [5, 5.41) is 3.40. The van der Waals surface area contributed by atoms with Crippen molar-refractivity contribution < 1.29 is 14.3 Å².